The molecule has 7 heteroatoms. The van der Waals surface area contributed by atoms with Gasteiger partial charge < -0.3 is 9.73 Å². The van der Waals surface area contributed by atoms with Gasteiger partial charge in [0.05, 0.1) is 16.9 Å². The van der Waals surface area contributed by atoms with Gasteiger partial charge in [0, 0.05) is 28.6 Å². The average molecular weight is 377 g/mol. The molecule has 1 aliphatic rings. The highest BCUT2D eigenvalue weighted by Gasteiger charge is 2.19. The van der Waals surface area contributed by atoms with Gasteiger partial charge >= 0.3 is 0 Å². The van der Waals surface area contributed by atoms with Crippen molar-refractivity contribution >= 4 is 22.0 Å². The van der Waals surface area contributed by atoms with Crippen LogP contribution in [0.3, 0.4) is 0 Å². The Morgan fingerprint density at radius 2 is 1.86 bits per heavy atom. The third-order valence-corrected chi connectivity index (χ3v) is 5.36. The van der Waals surface area contributed by atoms with Crippen molar-refractivity contribution in [2.75, 3.05) is 13.1 Å². The fourth-order valence-corrected chi connectivity index (χ4v) is 3.91. The van der Waals surface area contributed by atoms with E-state index in [9.17, 15) is 4.39 Å². The van der Waals surface area contributed by atoms with E-state index in [4.69, 9.17) is 4.42 Å². The summed E-state index contributed by atoms with van der Waals surface area (Å²) < 4.78 is 20.8. The van der Waals surface area contributed by atoms with Crippen LogP contribution in [-0.4, -0.2) is 33.3 Å². The van der Waals surface area contributed by atoms with E-state index in [0.29, 0.717) is 39.4 Å². The summed E-state index contributed by atoms with van der Waals surface area (Å²) in [4.78, 5) is 8.92. The number of hydrogen-bond acceptors (Lipinski definition) is 6. The van der Waals surface area contributed by atoms with Crippen LogP contribution < -0.4 is 5.32 Å². The van der Waals surface area contributed by atoms with E-state index in [1.165, 1.54) is 6.07 Å². The van der Waals surface area contributed by atoms with Crippen LogP contribution in [-0.2, 0) is 0 Å². The predicted molar refractivity (Wildman–Crippen MR) is 105 cm³/mol. The molecule has 142 valence electrons. The number of aromatic nitrogens is 4. The molecule has 1 fully saturated rings. The van der Waals surface area contributed by atoms with Crippen molar-refractivity contribution in [2.24, 2.45) is 0 Å². The van der Waals surface area contributed by atoms with Crippen LogP contribution in [0.4, 0.5) is 4.39 Å². The number of benzene rings is 1. The summed E-state index contributed by atoms with van der Waals surface area (Å²) in [5.74, 6) is 0.342. The van der Waals surface area contributed by atoms with Gasteiger partial charge in [-0.15, -0.1) is 0 Å². The van der Waals surface area contributed by atoms with E-state index in [1.54, 1.807) is 6.07 Å². The number of nitrogens with one attached hydrogen (secondary N) is 1. The van der Waals surface area contributed by atoms with Crippen molar-refractivity contribution in [2.45, 2.75) is 32.6 Å². The molecule has 1 saturated heterocycles. The second-order valence-electron chi connectivity index (χ2n) is 7.40. The van der Waals surface area contributed by atoms with Crippen LogP contribution in [0.5, 0.6) is 0 Å². The molecule has 28 heavy (non-hydrogen) atoms. The molecule has 0 saturated carbocycles. The average Bonchev–Trinajstić information content (AvgIpc) is 3.13. The second kappa shape index (κ2) is 6.60. The Kier molecular flexibility index (Phi) is 4.05. The molecule has 1 N–H and O–H groups in total. The summed E-state index contributed by atoms with van der Waals surface area (Å²) in [7, 11) is 0. The molecular formula is C21H20FN5O. The summed E-state index contributed by atoms with van der Waals surface area (Å²) in [6.45, 7) is 5.70. The Bertz CT molecular complexity index is 1200. The fourth-order valence-electron chi connectivity index (χ4n) is 3.91. The standard InChI is InChI=1S/C21H20FN5O/c1-11-7-19-20(12(2)24-11)25-21(28-19)14-8-16(22)15-10-17(26-27-18(15)9-14)13-3-5-23-6-4-13/h7-10,13,23H,3-6H2,1-2H3. The Labute approximate surface area is 161 Å². The maximum Gasteiger partial charge on any atom is 0.227 e. The first kappa shape index (κ1) is 17.2. The van der Waals surface area contributed by atoms with E-state index in [-0.39, 0.29) is 5.82 Å². The summed E-state index contributed by atoms with van der Waals surface area (Å²) in [5.41, 5.74) is 4.88. The normalized spacial score (nSPS) is 15.5. The molecule has 1 aliphatic heterocycles. The third kappa shape index (κ3) is 2.92. The lowest BCUT2D eigenvalue weighted by Gasteiger charge is -2.21. The van der Waals surface area contributed by atoms with Crippen LogP contribution >= 0.6 is 0 Å². The number of oxazole rings is 1. The molecular weight excluding hydrogens is 357 g/mol. The van der Waals surface area contributed by atoms with Gasteiger partial charge in [-0.3, -0.25) is 4.98 Å². The maximum atomic E-state index is 14.9. The molecule has 3 aromatic heterocycles. The molecule has 0 atom stereocenters. The highest BCUT2D eigenvalue weighted by atomic mass is 19.1. The lowest BCUT2D eigenvalue weighted by Crippen LogP contribution is -2.27. The van der Waals surface area contributed by atoms with Crippen molar-refractivity contribution in [3.8, 4) is 11.5 Å². The third-order valence-electron chi connectivity index (χ3n) is 5.36. The molecule has 0 amide bonds. The Hall–Kier alpha value is -2.93. The molecule has 5 rings (SSSR count). The summed E-state index contributed by atoms with van der Waals surface area (Å²) in [5, 5.41) is 12.5. The van der Waals surface area contributed by atoms with Crippen LogP contribution in [0.1, 0.15) is 35.8 Å². The van der Waals surface area contributed by atoms with Crippen molar-refractivity contribution in [3.05, 3.63) is 47.2 Å². The topological polar surface area (TPSA) is 76.7 Å². The SMILES string of the molecule is Cc1cc2oc(-c3cc(F)c4cc(C5CCNCC5)nnc4c3)nc2c(C)n1. The molecule has 4 aromatic rings. The number of hydrogen-bond donors (Lipinski definition) is 1. The van der Waals surface area contributed by atoms with Crippen LogP contribution in [0.2, 0.25) is 0 Å². The maximum absolute atomic E-state index is 14.9. The smallest absolute Gasteiger partial charge is 0.227 e. The number of nitrogens with zero attached hydrogens (tertiary/aromatic N) is 4. The number of rotatable bonds is 2. The first-order valence-corrected chi connectivity index (χ1v) is 9.51. The highest BCUT2D eigenvalue weighted by molar-refractivity contribution is 5.85. The number of halogens is 1. The minimum Gasteiger partial charge on any atom is -0.436 e. The van der Waals surface area contributed by atoms with E-state index in [0.717, 1.165) is 43.0 Å². The molecule has 1 aromatic carbocycles. The van der Waals surface area contributed by atoms with Crippen LogP contribution in [0.25, 0.3) is 33.5 Å². The largest absolute Gasteiger partial charge is 0.436 e. The van der Waals surface area contributed by atoms with E-state index in [2.05, 4.69) is 25.5 Å². The van der Waals surface area contributed by atoms with E-state index < -0.39 is 0 Å². The predicted octanol–water partition coefficient (Wildman–Crippen LogP) is 4.06. The van der Waals surface area contributed by atoms with Crippen molar-refractivity contribution in [1.82, 2.24) is 25.5 Å². The number of piperidine rings is 1. The summed E-state index contributed by atoms with van der Waals surface area (Å²) in [6.07, 6.45) is 1.99. The molecule has 0 spiro atoms. The Balaban J connectivity index is 1.58. The number of fused-ring (bicyclic) bond motifs is 2. The van der Waals surface area contributed by atoms with Gasteiger partial charge in [0.2, 0.25) is 5.89 Å². The number of aryl methyl sites for hydroxylation is 2. The number of pyridine rings is 1. The van der Waals surface area contributed by atoms with Gasteiger partial charge in [-0.05, 0) is 58.0 Å². The van der Waals surface area contributed by atoms with E-state index in [1.807, 2.05) is 26.0 Å². The van der Waals surface area contributed by atoms with E-state index >= 15 is 0 Å². The van der Waals surface area contributed by atoms with Gasteiger partial charge in [-0.1, -0.05) is 0 Å². The molecule has 0 unspecified atom stereocenters. The zero-order chi connectivity index (χ0) is 19.3. The van der Waals surface area contributed by atoms with Crippen molar-refractivity contribution < 1.29 is 8.81 Å². The van der Waals surface area contributed by atoms with Crippen molar-refractivity contribution in [3.63, 3.8) is 0 Å². The molecule has 4 heterocycles. The second-order valence-corrected chi connectivity index (χ2v) is 7.40. The van der Waals surface area contributed by atoms with Gasteiger partial charge in [-0.2, -0.15) is 10.2 Å². The molecule has 0 radical (unpaired) electrons. The fraction of sp³-hybridized carbons (Fsp3) is 0.333. The van der Waals surface area contributed by atoms with Gasteiger partial charge in [-0.25, -0.2) is 9.37 Å². The molecule has 0 bridgehead atoms. The monoisotopic (exact) mass is 377 g/mol. The van der Waals surface area contributed by atoms with Gasteiger partial charge in [0.15, 0.2) is 5.58 Å². The summed E-state index contributed by atoms with van der Waals surface area (Å²) >= 11 is 0. The highest BCUT2D eigenvalue weighted by Crippen LogP contribution is 2.31. The first-order chi connectivity index (χ1) is 13.6. The van der Waals surface area contributed by atoms with Crippen molar-refractivity contribution in [1.29, 1.82) is 0 Å². The molecule has 0 aliphatic carbocycles. The minimum absolute atomic E-state index is 0.327. The quantitative estimate of drug-likeness (QED) is 0.568. The Morgan fingerprint density at radius 3 is 2.68 bits per heavy atom. The lowest BCUT2D eigenvalue weighted by atomic mass is 9.93. The summed E-state index contributed by atoms with van der Waals surface area (Å²) in [6, 6.07) is 6.90. The first-order valence-electron chi connectivity index (χ1n) is 9.51. The Morgan fingerprint density at radius 1 is 1.04 bits per heavy atom. The van der Waals surface area contributed by atoms with Gasteiger partial charge in [0.1, 0.15) is 11.3 Å². The van der Waals surface area contributed by atoms with Gasteiger partial charge in [0.25, 0.3) is 0 Å². The van der Waals surface area contributed by atoms with Crippen LogP contribution in [0, 0.1) is 19.7 Å². The minimum atomic E-state index is -0.342. The van der Waals surface area contributed by atoms with Crippen LogP contribution in [0.15, 0.2) is 28.7 Å². The molecule has 6 nitrogen and oxygen atoms in total. The zero-order valence-corrected chi connectivity index (χ0v) is 15.8. The lowest BCUT2D eigenvalue weighted by molar-refractivity contribution is 0.451. The zero-order valence-electron chi connectivity index (χ0n) is 15.8.